The van der Waals surface area contributed by atoms with E-state index in [1.165, 1.54) is 13.1 Å². The summed E-state index contributed by atoms with van der Waals surface area (Å²) in [6, 6.07) is 11.3. The molecule has 2 rings (SSSR count). The Labute approximate surface area is 127 Å². The topological polar surface area (TPSA) is 70.7 Å². The molecule has 0 aliphatic carbocycles. The SMILES string of the molecule is CNC(=O)/C(C#N)=C/c1c(C)nn(-c2ccccc2)c1Cl. The molecule has 1 aromatic carbocycles. The molecule has 0 unspecified atom stereocenters. The number of nitrogens with zero attached hydrogens (tertiary/aromatic N) is 3. The summed E-state index contributed by atoms with van der Waals surface area (Å²) in [6.45, 7) is 1.77. The molecule has 6 heteroatoms. The number of carbonyl (C=O) groups excluding carboxylic acids is 1. The summed E-state index contributed by atoms with van der Waals surface area (Å²) >= 11 is 6.33. The van der Waals surface area contributed by atoms with E-state index in [2.05, 4.69) is 10.4 Å². The second-order valence-electron chi connectivity index (χ2n) is 4.29. The summed E-state index contributed by atoms with van der Waals surface area (Å²) in [4.78, 5) is 11.6. The number of carbonyl (C=O) groups is 1. The lowest BCUT2D eigenvalue weighted by molar-refractivity contribution is -0.116. The Morgan fingerprint density at radius 1 is 1.43 bits per heavy atom. The maximum atomic E-state index is 11.6. The van der Waals surface area contributed by atoms with Gasteiger partial charge in [0.25, 0.3) is 5.91 Å². The Morgan fingerprint density at radius 2 is 2.10 bits per heavy atom. The van der Waals surface area contributed by atoms with E-state index >= 15 is 0 Å². The largest absolute Gasteiger partial charge is 0.354 e. The molecule has 1 N–H and O–H groups in total. The molecule has 0 saturated carbocycles. The van der Waals surface area contributed by atoms with E-state index in [1.807, 2.05) is 36.4 Å². The lowest BCUT2D eigenvalue weighted by Gasteiger charge is -2.02. The maximum Gasteiger partial charge on any atom is 0.261 e. The van der Waals surface area contributed by atoms with Crippen molar-refractivity contribution in [2.75, 3.05) is 7.05 Å². The van der Waals surface area contributed by atoms with Crippen molar-refractivity contribution >= 4 is 23.6 Å². The molecule has 0 atom stereocenters. The summed E-state index contributed by atoms with van der Waals surface area (Å²) < 4.78 is 1.57. The van der Waals surface area contributed by atoms with E-state index in [0.717, 1.165) is 5.69 Å². The highest BCUT2D eigenvalue weighted by Gasteiger charge is 2.15. The molecule has 1 aromatic heterocycles. The van der Waals surface area contributed by atoms with Crippen molar-refractivity contribution in [3.8, 4) is 11.8 Å². The molecular weight excluding hydrogens is 288 g/mol. The number of para-hydroxylation sites is 1. The third-order valence-corrected chi connectivity index (χ3v) is 3.29. The van der Waals surface area contributed by atoms with Crippen LogP contribution in [0.3, 0.4) is 0 Å². The minimum atomic E-state index is -0.458. The number of aryl methyl sites for hydroxylation is 1. The Balaban J connectivity index is 2.53. The van der Waals surface area contributed by atoms with Crippen molar-refractivity contribution in [3.63, 3.8) is 0 Å². The molecule has 2 aromatic rings. The summed E-state index contributed by atoms with van der Waals surface area (Å²) in [5.74, 6) is -0.458. The molecule has 5 nitrogen and oxygen atoms in total. The maximum absolute atomic E-state index is 11.6. The average Bonchev–Trinajstić information content (AvgIpc) is 2.80. The molecular formula is C15H13ClN4O. The fourth-order valence-electron chi connectivity index (χ4n) is 1.84. The van der Waals surface area contributed by atoms with Crippen molar-refractivity contribution in [2.24, 2.45) is 0 Å². The Kier molecular flexibility index (Phi) is 4.41. The number of hydrogen-bond acceptors (Lipinski definition) is 3. The quantitative estimate of drug-likeness (QED) is 0.699. The van der Waals surface area contributed by atoms with Crippen LogP contribution in [-0.2, 0) is 4.79 Å². The van der Waals surface area contributed by atoms with Gasteiger partial charge in [0.2, 0.25) is 0 Å². The fraction of sp³-hybridized carbons (Fsp3) is 0.133. The first kappa shape index (κ1) is 14.8. The standard InChI is InChI=1S/C15H13ClN4O/c1-10-13(8-11(9-17)15(21)18-2)14(16)20(19-10)12-6-4-3-5-7-12/h3-8H,1-2H3,(H,18,21)/b11-8+. The van der Waals surface area contributed by atoms with Crippen LogP contribution < -0.4 is 5.32 Å². The molecule has 1 heterocycles. The first-order chi connectivity index (χ1) is 10.1. The van der Waals surface area contributed by atoms with E-state index < -0.39 is 5.91 Å². The Bertz CT molecular complexity index is 741. The fourth-order valence-corrected chi connectivity index (χ4v) is 2.17. The van der Waals surface area contributed by atoms with E-state index in [1.54, 1.807) is 11.6 Å². The van der Waals surface area contributed by atoms with E-state index in [9.17, 15) is 4.79 Å². The second-order valence-corrected chi connectivity index (χ2v) is 4.64. The minimum absolute atomic E-state index is 0.0184. The highest BCUT2D eigenvalue weighted by atomic mass is 35.5. The van der Waals surface area contributed by atoms with Gasteiger partial charge in [-0.15, -0.1) is 0 Å². The first-order valence-corrected chi connectivity index (χ1v) is 6.60. The summed E-state index contributed by atoms with van der Waals surface area (Å²) in [7, 11) is 1.47. The van der Waals surface area contributed by atoms with Gasteiger partial charge in [-0.05, 0) is 25.1 Å². The van der Waals surface area contributed by atoms with Gasteiger partial charge in [0.15, 0.2) is 0 Å². The monoisotopic (exact) mass is 300 g/mol. The van der Waals surface area contributed by atoms with Gasteiger partial charge in [0.1, 0.15) is 16.8 Å². The van der Waals surface area contributed by atoms with Crippen LogP contribution in [0.15, 0.2) is 35.9 Å². The predicted octanol–water partition coefficient (Wildman–Crippen LogP) is 2.49. The third kappa shape index (κ3) is 2.96. The zero-order chi connectivity index (χ0) is 15.4. The van der Waals surface area contributed by atoms with E-state index in [-0.39, 0.29) is 5.57 Å². The minimum Gasteiger partial charge on any atom is -0.354 e. The average molecular weight is 301 g/mol. The number of hydrogen-bond donors (Lipinski definition) is 1. The van der Waals surface area contributed by atoms with Crippen LogP contribution in [0.25, 0.3) is 11.8 Å². The van der Waals surface area contributed by atoms with Crippen LogP contribution in [0.4, 0.5) is 0 Å². The van der Waals surface area contributed by atoms with Crippen LogP contribution in [0.5, 0.6) is 0 Å². The number of likely N-dealkylation sites (N-methyl/N-ethyl adjacent to an activating group) is 1. The Hall–Kier alpha value is -2.58. The number of aromatic nitrogens is 2. The van der Waals surface area contributed by atoms with E-state index in [4.69, 9.17) is 16.9 Å². The van der Waals surface area contributed by atoms with Gasteiger partial charge in [-0.25, -0.2) is 4.68 Å². The second kappa shape index (κ2) is 6.25. The van der Waals surface area contributed by atoms with E-state index in [0.29, 0.717) is 16.4 Å². The zero-order valence-corrected chi connectivity index (χ0v) is 12.3. The summed E-state index contributed by atoms with van der Waals surface area (Å²) in [6.07, 6.45) is 1.45. The molecule has 0 bridgehead atoms. The Morgan fingerprint density at radius 3 is 2.67 bits per heavy atom. The van der Waals surface area contributed by atoms with Crippen molar-refractivity contribution in [1.82, 2.24) is 15.1 Å². The van der Waals surface area contributed by atoms with Gasteiger partial charge in [0, 0.05) is 12.6 Å². The number of rotatable bonds is 3. The van der Waals surface area contributed by atoms with Crippen LogP contribution in [-0.4, -0.2) is 22.7 Å². The van der Waals surface area contributed by atoms with Gasteiger partial charge in [0.05, 0.1) is 11.4 Å². The highest BCUT2D eigenvalue weighted by Crippen LogP contribution is 2.25. The van der Waals surface area contributed by atoms with Crippen LogP contribution in [0, 0.1) is 18.3 Å². The molecule has 106 valence electrons. The smallest absolute Gasteiger partial charge is 0.261 e. The summed E-state index contributed by atoms with van der Waals surface area (Å²) in [5, 5.41) is 16.2. The number of amides is 1. The first-order valence-electron chi connectivity index (χ1n) is 6.23. The summed E-state index contributed by atoms with van der Waals surface area (Å²) in [5.41, 5.74) is 1.99. The van der Waals surface area contributed by atoms with Crippen molar-refractivity contribution in [2.45, 2.75) is 6.92 Å². The van der Waals surface area contributed by atoms with Gasteiger partial charge in [-0.1, -0.05) is 29.8 Å². The van der Waals surface area contributed by atoms with Crippen molar-refractivity contribution in [3.05, 3.63) is 52.3 Å². The highest BCUT2D eigenvalue weighted by molar-refractivity contribution is 6.31. The van der Waals surface area contributed by atoms with Gasteiger partial charge >= 0.3 is 0 Å². The van der Waals surface area contributed by atoms with Gasteiger partial charge in [-0.2, -0.15) is 10.4 Å². The molecule has 0 spiro atoms. The molecule has 21 heavy (non-hydrogen) atoms. The molecule has 0 aliphatic heterocycles. The van der Waals surface area contributed by atoms with Gasteiger partial charge < -0.3 is 5.32 Å². The lowest BCUT2D eigenvalue weighted by Crippen LogP contribution is -2.19. The molecule has 0 saturated heterocycles. The molecule has 0 aliphatic rings. The van der Waals surface area contributed by atoms with Gasteiger partial charge in [-0.3, -0.25) is 4.79 Å². The molecule has 0 fully saturated rings. The van der Waals surface area contributed by atoms with Crippen molar-refractivity contribution in [1.29, 1.82) is 5.26 Å². The number of nitriles is 1. The third-order valence-electron chi connectivity index (χ3n) is 2.93. The number of benzene rings is 1. The predicted molar refractivity (Wildman–Crippen MR) is 81.0 cm³/mol. The van der Waals surface area contributed by atoms with Crippen LogP contribution >= 0.6 is 11.6 Å². The van der Waals surface area contributed by atoms with Crippen LogP contribution in [0.1, 0.15) is 11.3 Å². The lowest BCUT2D eigenvalue weighted by atomic mass is 10.1. The zero-order valence-electron chi connectivity index (χ0n) is 11.6. The molecule has 0 radical (unpaired) electrons. The number of halogens is 1. The normalized spacial score (nSPS) is 11.0. The van der Waals surface area contributed by atoms with Crippen LogP contribution in [0.2, 0.25) is 5.15 Å². The molecule has 1 amide bonds. The number of nitrogens with one attached hydrogen (secondary N) is 1. The van der Waals surface area contributed by atoms with Crippen molar-refractivity contribution < 1.29 is 4.79 Å².